The fourth-order valence-corrected chi connectivity index (χ4v) is 2.18. The van der Waals surface area contributed by atoms with Crippen LogP contribution in [-0.4, -0.2) is 48.3 Å². The van der Waals surface area contributed by atoms with Gasteiger partial charge < -0.3 is 20.1 Å². The number of methoxy groups -OCH3 is 1. The summed E-state index contributed by atoms with van der Waals surface area (Å²) in [6, 6.07) is -0.748. The third-order valence-electron chi connectivity index (χ3n) is 3.04. The summed E-state index contributed by atoms with van der Waals surface area (Å²) in [4.78, 5) is 25.0. The van der Waals surface area contributed by atoms with E-state index in [1.165, 1.54) is 7.11 Å². The van der Waals surface area contributed by atoms with E-state index < -0.39 is 17.6 Å². The number of ether oxygens (including phenoxy) is 2. The van der Waals surface area contributed by atoms with Crippen molar-refractivity contribution in [2.24, 2.45) is 5.73 Å². The first-order valence-corrected chi connectivity index (χ1v) is 6.57. The topological polar surface area (TPSA) is 81.9 Å². The van der Waals surface area contributed by atoms with Crippen LogP contribution in [0.5, 0.6) is 0 Å². The summed E-state index contributed by atoms with van der Waals surface area (Å²) in [6.45, 7) is 6.13. The summed E-state index contributed by atoms with van der Waals surface area (Å²) in [5.74, 6) is -0.448. The van der Waals surface area contributed by atoms with E-state index in [1.54, 1.807) is 4.90 Å². The molecule has 6 heteroatoms. The van der Waals surface area contributed by atoms with Gasteiger partial charge in [0.1, 0.15) is 11.6 Å². The van der Waals surface area contributed by atoms with Crippen molar-refractivity contribution in [2.45, 2.75) is 57.7 Å². The van der Waals surface area contributed by atoms with E-state index >= 15 is 0 Å². The van der Waals surface area contributed by atoms with Crippen LogP contribution in [0.15, 0.2) is 0 Å². The minimum Gasteiger partial charge on any atom is -0.468 e. The van der Waals surface area contributed by atoms with Gasteiger partial charge in [-0.2, -0.15) is 0 Å². The van der Waals surface area contributed by atoms with Crippen molar-refractivity contribution in [3.63, 3.8) is 0 Å². The van der Waals surface area contributed by atoms with Crippen molar-refractivity contribution >= 4 is 12.1 Å². The van der Waals surface area contributed by atoms with Crippen LogP contribution in [0.25, 0.3) is 0 Å². The summed E-state index contributed by atoms with van der Waals surface area (Å²) in [5, 5.41) is 0. The second-order valence-electron chi connectivity index (χ2n) is 5.84. The zero-order valence-electron chi connectivity index (χ0n) is 12.1. The quantitative estimate of drug-likeness (QED) is 0.782. The summed E-state index contributed by atoms with van der Waals surface area (Å²) >= 11 is 0. The molecular formula is C13H24N2O4. The van der Waals surface area contributed by atoms with Gasteiger partial charge in [-0.1, -0.05) is 0 Å². The van der Waals surface area contributed by atoms with Crippen molar-refractivity contribution in [2.75, 3.05) is 13.7 Å². The van der Waals surface area contributed by atoms with Gasteiger partial charge in [-0.3, -0.25) is 4.79 Å². The zero-order chi connectivity index (χ0) is 14.6. The number of hydrogen-bond acceptors (Lipinski definition) is 5. The minimum absolute atomic E-state index is 0.0519. The Bertz CT molecular complexity index is 338. The fourth-order valence-electron chi connectivity index (χ4n) is 2.18. The van der Waals surface area contributed by atoms with E-state index in [0.29, 0.717) is 13.0 Å². The van der Waals surface area contributed by atoms with E-state index in [9.17, 15) is 9.59 Å². The Hall–Kier alpha value is -1.30. The van der Waals surface area contributed by atoms with Crippen LogP contribution in [0.1, 0.15) is 40.0 Å². The summed E-state index contributed by atoms with van der Waals surface area (Å²) in [6.07, 6.45) is 1.81. The Labute approximate surface area is 114 Å². The largest absolute Gasteiger partial charge is 0.468 e. The SMILES string of the molecule is COC(=O)C(N)C[C@@H]1CCCN1C(=O)OC(C)(C)C. The standard InChI is InChI=1S/C13H24N2O4/c1-13(2,3)19-12(17)15-7-5-6-9(15)8-10(14)11(16)18-4/h9-10H,5-8,14H2,1-4H3/t9-,10?/m0/s1. The molecule has 110 valence electrons. The average molecular weight is 272 g/mol. The highest BCUT2D eigenvalue weighted by atomic mass is 16.6. The van der Waals surface area contributed by atoms with Crippen LogP contribution >= 0.6 is 0 Å². The lowest BCUT2D eigenvalue weighted by Gasteiger charge is -2.29. The molecule has 0 aromatic rings. The third kappa shape index (κ3) is 4.70. The van der Waals surface area contributed by atoms with Gasteiger partial charge in [0.2, 0.25) is 0 Å². The molecule has 1 saturated heterocycles. The Morgan fingerprint density at radius 2 is 2.05 bits per heavy atom. The smallest absolute Gasteiger partial charge is 0.410 e. The molecule has 19 heavy (non-hydrogen) atoms. The average Bonchev–Trinajstić information content (AvgIpc) is 2.73. The fraction of sp³-hybridized carbons (Fsp3) is 0.846. The molecule has 1 aliphatic rings. The van der Waals surface area contributed by atoms with Gasteiger partial charge in [0.05, 0.1) is 7.11 Å². The number of likely N-dealkylation sites (tertiary alicyclic amines) is 1. The van der Waals surface area contributed by atoms with Gasteiger partial charge in [-0.05, 0) is 40.0 Å². The highest BCUT2D eigenvalue weighted by Gasteiger charge is 2.34. The minimum atomic E-state index is -0.696. The number of amides is 1. The molecule has 0 spiro atoms. The monoisotopic (exact) mass is 272 g/mol. The molecule has 1 aliphatic heterocycles. The molecular weight excluding hydrogens is 248 g/mol. The van der Waals surface area contributed by atoms with E-state index in [4.69, 9.17) is 10.5 Å². The highest BCUT2D eigenvalue weighted by molar-refractivity contribution is 5.75. The lowest BCUT2D eigenvalue weighted by Crippen LogP contribution is -2.44. The molecule has 1 fully saturated rings. The third-order valence-corrected chi connectivity index (χ3v) is 3.04. The molecule has 0 bridgehead atoms. The Balaban J connectivity index is 2.59. The van der Waals surface area contributed by atoms with E-state index in [1.807, 2.05) is 20.8 Å². The first-order valence-electron chi connectivity index (χ1n) is 6.57. The number of rotatable bonds is 3. The first-order chi connectivity index (χ1) is 8.74. The van der Waals surface area contributed by atoms with Crippen LogP contribution in [0.2, 0.25) is 0 Å². The number of carbonyl (C=O) groups is 2. The maximum absolute atomic E-state index is 12.0. The summed E-state index contributed by atoms with van der Waals surface area (Å²) < 4.78 is 9.95. The molecule has 0 saturated carbocycles. The Morgan fingerprint density at radius 1 is 1.42 bits per heavy atom. The number of esters is 1. The normalized spacial score (nSPS) is 21.1. The molecule has 1 unspecified atom stereocenters. The van der Waals surface area contributed by atoms with Crippen molar-refractivity contribution in [3.05, 3.63) is 0 Å². The molecule has 2 atom stereocenters. The molecule has 0 aromatic carbocycles. The van der Waals surface area contributed by atoms with Gasteiger partial charge in [0.15, 0.2) is 0 Å². The second kappa shape index (κ2) is 6.23. The van der Waals surface area contributed by atoms with Crippen molar-refractivity contribution in [3.8, 4) is 0 Å². The van der Waals surface area contributed by atoms with Crippen LogP contribution in [0, 0.1) is 0 Å². The molecule has 0 aliphatic carbocycles. The number of nitrogens with zero attached hydrogens (tertiary/aromatic N) is 1. The van der Waals surface area contributed by atoms with Gasteiger partial charge in [-0.25, -0.2) is 4.79 Å². The van der Waals surface area contributed by atoms with Crippen LogP contribution < -0.4 is 5.73 Å². The summed E-state index contributed by atoms with van der Waals surface area (Å²) in [7, 11) is 1.31. The molecule has 1 rings (SSSR count). The predicted octanol–water partition coefficient (Wildman–Crippen LogP) is 1.28. The number of hydrogen-bond donors (Lipinski definition) is 1. The first kappa shape index (κ1) is 15.8. The van der Waals surface area contributed by atoms with Gasteiger partial charge in [0, 0.05) is 12.6 Å². The lowest BCUT2D eigenvalue weighted by atomic mass is 10.1. The molecule has 1 heterocycles. The van der Waals surface area contributed by atoms with Crippen molar-refractivity contribution in [1.82, 2.24) is 4.90 Å². The maximum Gasteiger partial charge on any atom is 0.410 e. The number of nitrogens with two attached hydrogens (primary N) is 1. The maximum atomic E-state index is 12.0. The zero-order valence-corrected chi connectivity index (χ0v) is 12.1. The van der Waals surface area contributed by atoms with Gasteiger partial charge >= 0.3 is 12.1 Å². The van der Waals surface area contributed by atoms with Crippen LogP contribution in [0.4, 0.5) is 4.79 Å². The predicted molar refractivity (Wildman–Crippen MR) is 70.6 cm³/mol. The van der Waals surface area contributed by atoms with Gasteiger partial charge in [-0.15, -0.1) is 0 Å². The Morgan fingerprint density at radius 3 is 2.58 bits per heavy atom. The molecule has 6 nitrogen and oxygen atoms in total. The number of carbonyl (C=O) groups excluding carboxylic acids is 2. The molecule has 0 aromatic heterocycles. The second-order valence-corrected chi connectivity index (χ2v) is 5.84. The summed E-state index contributed by atoms with van der Waals surface area (Å²) in [5.41, 5.74) is 5.22. The van der Waals surface area contributed by atoms with Crippen LogP contribution in [0.3, 0.4) is 0 Å². The van der Waals surface area contributed by atoms with E-state index in [2.05, 4.69) is 4.74 Å². The Kier molecular flexibility index (Phi) is 5.17. The van der Waals surface area contributed by atoms with E-state index in [0.717, 1.165) is 12.8 Å². The lowest BCUT2D eigenvalue weighted by molar-refractivity contribution is -0.142. The van der Waals surface area contributed by atoms with Crippen molar-refractivity contribution < 1.29 is 19.1 Å². The van der Waals surface area contributed by atoms with E-state index in [-0.39, 0.29) is 12.1 Å². The van der Waals surface area contributed by atoms with Crippen molar-refractivity contribution in [1.29, 1.82) is 0 Å². The molecule has 1 amide bonds. The highest BCUT2D eigenvalue weighted by Crippen LogP contribution is 2.23. The molecule has 2 N–H and O–H groups in total. The van der Waals surface area contributed by atoms with Crippen LogP contribution in [-0.2, 0) is 14.3 Å². The molecule has 0 radical (unpaired) electrons. The van der Waals surface area contributed by atoms with Gasteiger partial charge in [0.25, 0.3) is 0 Å².